The molecule has 0 aliphatic carbocycles. The van der Waals surface area contributed by atoms with Crippen LogP contribution in [0.15, 0.2) is 57.9 Å². The number of carbonyl (C=O) groups is 1. The van der Waals surface area contributed by atoms with Gasteiger partial charge in [0.2, 0.25) is 0 Å². The predicted molar refractivity (Wildman–Crippen MR) is 104 cm³/mol. The third-order valence-corrected chi connectivity index (χ3v) is 7.08. The Morgan fingerprint density at radius 1 is 1.19 bits per heavy atom. The van der Waals surface area contributed by atoms with Crippen LogP contribution >= 0.6 is 15.9 Å². The van der Waals surface area contributed by atoms with E-state index < -0.39 is 27.0 Å². The minimum atomic E-state index is -3.84. The summed E-state index contributed by atoms with van der Waals surface area (Å²) in [4.78, 5) is 11.4. The summed E-state index contributed by atoms with van der Waals surface area (Å²) in [5.41, 5.74) is 0.446. The van der Waals surface area contributed by atoms with Gasteiger partial charge in [-0.2, -0.15) is 0 Å². The Morgan fingerprint density at radius 2 is 1.85 bits per heavy atom. The molecule has 0 amide bonds. The zero-order chi connectivity index (χ0) is 20.0. The van der Waals surface area contributed by atoms with Crippen molar-refractivity contribution in [2.45, 2.75) is 23.5 Å². The van der Waals surface area contributed by atoms with E-state index in [1.807, 2.05) is 0 Å². The third kappa shape index (κ3) is 5.31. The van der Waals surface area contributed by atoms with E-state index in [9.17, 15) is 18.3 Å². The molecule has 2 aromatic carbocycles. The van der Waals surface area contributed by atoms with E-state index in [1.54, 1.807) is 43.3 Å². The summed E-state index contributed by atoms with van der Waals surface area (Å²) < 4.78 is 37.6. The molecule has 27 heavy (non-hydrogen) atoms. The number of hydrogen-bond acceptors (Lipinski definition) is 5. The monoisotopic (exact) mass is 456 g/mol. The number of methoxy groups -OCH3 is 1. The zero-order valence-corrected chi connectivity index (χ0v) is 17.4. The van der Waals surface area contributed by atoms with Crippen molar-refractivity contribution in [1.29, 1.82) is 0 Å². The van der Waals surface area contributed by atoms with Crippen LogP contribution < -0.4 is 4.74 Å². The molecule has 0 saturated carbocycles. The number of rotatable bonds is 9. The Labute approximate surface area is 167 Å². The highest BCUT2D eigenvalue weighted by atomic mass is 79.9. The van der Waals surface area contributed by atoms with Crippen molar-refractivity contribution in [2.24, 2.45) is 5.92 Å². The van der Waals surface area contributed by atoms with Gasteiger partial charge in [0.05, 0.1) is 10.1 Å². The minimum absolute atomic E-state index is 0.0157. The third-order valence-electron chi connectivity index (χ3n) is 4.04. The summed E-state index contributed by atoms with van der Waals surface area (Å²) in [6.07, 6.45) is -0.285. The topological polar surface area (TPSA) is 89.9 Å². The van der Waals surface area contributed by atoms with Crippen LogP contribution in [-0.2, 0) is 19.4 Å². The second-order valence-electron chi connectivity index (χ2n) is 6.09. The first-order valence-corrected chi connectivity index (χ1v) is 10.5. The molecule has 0 heterocycles. The van der Waals surface area contributed by atoms with E-state index in [0.717, 1.165) is 0 Å². The van der Waals surface area contributed by atoms with Crippen molar-refractivity contribution in [1.82, 2.24) is 0 Å². The van der Waals surface area contributed by atoms with Gasteiger partial charge in [0.15, 0.2) is 16.6 Å². The van der Waals surface area contributed by atoms with Crippen LogP contribution in [-0.4, -0.2) is 33.4 Å². The van der Waals surface area contributed by atoms with Gasteiger partial charge in [-0.1, -0.05) is 41.1 Å². The van der Waals surface area contributed by atoms with E-state index in [2.05, 4.69) is 15.9 Å². The maximum absolute atomic E-state index is 13.4. The van der Waals surface area contributed by atoms with Gasteiger partial charge in [-0.05, 0) is 41.8 Å². The average molecular weight is 457 g/mol. The summed E-state index contributed by atoms with van der Waals surface area (Å²) in [6, 6.07) is 13.0. The first kappa shape index (κ1) is 21.4. The maximum Gasteiger partial charge on any atom is 0.303 e. The highest BCUT2D eigenvalue weighted by Gasteiger charge is 2.36. The van der Waals surface area contributed by atoms with E-state index in [-0.39, 0.29) is 18.1 Å². The fourth-order valence-electron chi connectivity index (χ4n) is 2.88. The van der Waals surface area contributed by atoms with Crippen molar-refractivity contribution < 1.29 is 27.8 Å². The van der Waals surface area contributed by atoms with Crippen LogP contribution in [0.4, 0.5) is 0 Å². The number of ether oxygens (including phenoxy) is 2. The van der Waals surface area contributed by atoms with Crippen molar-refractivity contribution in [2.75, 3.05) is 13.9 Å². The first-order chi connectivity index (χ1) is 12.8. The molecule has 8 heteroatoms. The van der Waals surface area contributed by atoms with Crippen molar-refractivity contribution in [3.05, 3.63) is 58.6 Å². The smallest absolute Gasteiger partial charge is 0.303 e. The fourth-order valence-corrected chi connectivity index (χ4v) is 5.59. The molecular formula is C19H21BrO6S. The van der Waals surface area contributed by atoms with Gasteiger partial charge in [-0.15, -0.1) is 0 Å². The van der Waals surface area contributed by atoms with E-state index in [0.29, 0.717) is 15.8 Å². The van der Waals surface area contributed by atoms with Crippen LogP contribution in [0.25, 0.3) is 0 Å². The van der Waals surface area contributed by atoms with E-state index in [1.165, 1.54) is 19.2 Å². The van der Waals surface area contributed by atoms with Gasteiger partial charge in [-0.3, -0.25) is 4.79 Å². The number of hydrogen-bond donors (Lipinski definition) is 1. The van der Waals surface area contributed by atoms with Crippen molar-refractivity contribution in [3.63, 3.8) is 0 Å². The predicted octanol–water partition coefficient (Wildman–Crippen LogP) is 4.06. The molecule has 6 nitrogen and oxygen atoms in total. The van der Waals surface area contributed by atoms with Crippen LogP contribution in [0.2, 0.25) is 0 Å². The summed E-state index contributed by atoms with van der Waals surface area (Å²) in [6.45, 7) is 1.64. The van der Waals surface area contributed by atoms with Gasteiger partial charge in [0.1, 0.15) is 5.75 Å². The lowest BCUT2D eigenvalue weighted by atomic mass is 9.97. The highest BCUT2D eigenvalue weighted by molar-refractivity contribution is 9.10. The Kier molecular flexibility index (Phi) is 7.41. The lowest BCUT2D eigenvalue weighted by molar-refractivity contribution is -0.137. The fraction of sp³-hybridized carbons (Fsp3) is 0.316. The number of carboxylic acids is 1. The summed E-state index contributed by atoms with van der Waals surface area (Å²) in [5.74, 6) is -1.29. The van der Waals surface area contributed by atoms with E-state index in [4.69, 9.17) is 9.47 Å². The second kappa shape index (κ2) is 9.34. The Hall–Kier alpha value is -1.90. The molecule has 146 valence electrons. The average Bonchev–Trinajstić information content (AvgIpc) is 2.62. The molecule has 0 spiro atoms. The van der Waals surface area contributed by atoms with Gasteiger partial charge in [-0.25, -0.2) is 8.42 Å². The van der Waals surface area contributed by atoms with E-state index >= 15 is 0 Å². The Balaban J connectivity index is 2.58. The van der Waals surface area contributed by atoms with Crippen LogP contribution in [0.1, 0.15) is 24.2 Å². The Bertz CT molecular complexity index is 882. The van der Waals surface area contributed by atoms with Crippen LogP contribution in [0, 0.1) is 5.92 Å². The molecule has 0 aliphatic heterocycles. The molecular weight excluding hydrogens is 436 g/mol. The molecule has 2 atom stereocenters. The number of aliphatic carboxylic acids is 1. The largest absolute Gasteiger partial charge is 0.481 e. The number of sulfone groups is 1. The number of benzene rings is 2. The highest BCUT2D eigenvalue weighted by Crippen LogP contribution is 2.41. The first-order valence-electron chi connectivity index (χ1n) is 8.19. The molecule has 0 aliphatic rings. The summed E-state index contributed by atoms with van der Waals surface area (Å²) in [5, 5.41) is 8.15. The van der Waals surface area contributed by atoms with Gasteiger partial charge < -0.3 is 14.6 Å². The SMILES string of the molecule is COCOc1ccc(Br)c([C@@H]([C@@H](C)CC(=O)O)S(=O)(=O)c2ccccc2)c1. The molecule has 2 aromatic rings. The standard InChI is InChI=1S/C19H21BrO6S/c1-13(10-18(21)22)19(27(23,24)15-6-4-3-5-7-15)16-11-14(26-12-25-2)8-9-17(16)20/h3-9,11,13,19H,10,12H2,1-2H3,(H,21,22)/t13-,19+/m0/s1. The van der Waals surface area contributed by atoms with Crippen LogP contribution in [0.5, 0.6) is 5.75 Å². The Morgan fingerprint density at radius 3 is 2.44 bits per heavy atom. The molecule has 0 radical (unpaired) electrons. The molecule has 0 fully saturated rings. The molecule has 0 bridgehead atoms. The van der Waals surface area contributed by atoms with Crippen molar-refractivity contribution >= 4 is 31.7 Å². The summed E-state index contributed by atoms with van der Waals surface area (Å²) >= 11 is 3.40. The minimum Gasteiger partial charge on any atom is -0.481 e. The van der Waals surface area contributed by atoms with Crippen molar-refractivity contribution in [3.8, 4) is 5.75 Å². The molecule has 0 aromatic heterocycles. The molecule has 0 unspecified atom stereocenters. The second-order valence-corrected chi connectivity index (χ2v) is 9.01. The molecule has 0 saturated heterocycles. The summed E-state index contributed by atoms with van der Waals surface area (Å²) in [7, 11) is -2.36. The lowest BCUT2D eigenvalue weighted by Crippen LogP contribution is -2.23. The molecule has 1 N–H and O–H groups in total. The van der Waals surface area contributed by atoms with Crippen LogP contribution in [0.3, 0.4) is 0 Å². The van der Waals surface area contributed by atoms with Gasteiger partial charge in [0.25, 0.3) is 0 Å². The zero-order valence-electron chi connectivity index (χ0n) is 15.0. The normalized spacial score (nSPS) is 13.7. The number of halogens is 1. The number of carboxylic acid groups (broad SMARTS) is 1. The quantitative estimate of drug-likeness (QED) is 0.572. The van der Waals surface area contributed by atoms with Gasteiger partial charge >= 0.3 is 5.97 Å². The molecule has 2 rings (SSSR count). The lowest BCUT2D eigenvalue weighted by Gasteiger charge is -2.25. The van der Waals surface area contributed by atoms with Gasteiger partial charge in [0, 0.05) is 18.0 Å². The maximum atomic E-state index is 13.4.